The van der Waals surface area contributed by atoms with Crippen LogP contribution in [0.2, 0.25) is 0 Å². The standard InChI is InChI=1S/C20H24N2O6/c1-13-9-15(27-21-13)11-19(23-3)25-17-7-5-6-8-18(17)26-20(24-4)12-16-10-14(2)22-28-16/h5-10,19-20H,11-12H2,1-4H3. The summed E-state index contributed by atoms with van der Waals surface area (Å²) in [6.07, 6.45) is -0.294. The van der Waals surface area contributed by atoms with E-state index in [4.69, 9.17) is 28.0 Å². The first-order chi connectivity index (χ1) is 13.6. The van der Waals surface area contributed by atoms with Gasteiger partial charge in [-0.1, -0.05) is 22.4 Å². The highest BCUT2D eigenvalue weighted by Gasteiger charge is 2.19. The zero-order valence-corrected chi connectivity index (χ0v) is 16.4. The molecule has 0 saturated carbocycles. The molecule has 3 aromatic rings. The maximum atomic E-state index is 5.98. The zero-order chi connectivity index (χ0) is 19.9. The van der Waals surface area contributed by atoms with Gasteiger partial charge in [0.15, 0.2) is 11.5 Å². The van der Waals surface area contributed by atoms with E-state index >= 15 is 0 Å². The van der Waals surface area contributed by atoms with Crippen LogP contribution in [0.5, 0.6) is 11.5 Å². The molecule has 2 atom stereocenters. The van der Waals surface area contributed by atoms with Crippen LogP contribution in [0.4, 0.5) is 0 Å². The quantitative estimate of drug-likeness (QED) is 0.488. The molecule has 150 valence electrons. The summed E-state index contributed by atoms with van der Waals surface area (Å²) >= 11 is 0. The van der Waals surface area contributed by atoms with E-state index < -0.39 is 12.6 Å². The summed E-state index contributed by atoms with van der Waals surface area (Å²) < 4.78 is 33.3. The maximum Gasteiger partial charge on any atom is 0.207 e. The van der Waals surface area contributed by atoms with Crippen molar-refractivity contribution in [3.8, 4) is 11.5 Å². The summed E-state index contributed by atoms with van der Waals surface area (Å²) in [5.41, 5.74) is 1.61. The Balaban J connectivity index is 1.68. The fourth-order valence-corrected chi connectivity index (χ4v) is 2.63. The number of hydrogen-bond acceptors (Lipinski definition) is 8. The third-order valence-electron chi connectivity index (χ3n) is 3.98. The van der Waals surface area contributed by atoms with Crippen molar-refractivity contribution in [1.82, 2.24) is 10.3 Å². The second kappa shape index (κ2) is 9.38. The number of hydrogen-bond donors (Lipinski definition) is 0. The van der Waals surface area contributed by atoms with Gasteiger partial charge in [0, 0.05) is 26.4 Å². The van der Waals surface area contributed by atoms with Crippen molar-refractivity contribution in [2.75, 3.05) is 14.2 Å². The van der Waals surface area contributed by atoms with E-state index in [0.717, 1.165) is 11.4 Å². The lowest BCUT2D eigenvalue weighted by Crippen LogP contribution is -2.24. The van der Waals surface area contributed by atoms with E-state index in [0.29, 0.717) is 35.9 Å². The van der Waals surface area contributed by atoms with Gasteiger partial charge in [0.1, 0.15) is 11.5 Å². The second-order valence-electron chi connectivity index (χ2n) is 6.29. The summed E-state index contributed by atoms with van der Waals surface area (Å²) in [5.74, 6) is 2.42. The molecule has 8 heteroatoms. The molecule has 1 aromatic carbocycles. The molecule has 0 radical (unpaired) electrons. The van der Waals surface area contributed by atoms with Crippen LogP contribution in [0, 0.1) is 13.8 Å². The number of aromatic nitrogens is 2. The highest BCUT2D eigenvalue weighted by Crippen LogP contribution is 2.30. The van der Waals surface area contributed by atoms with E-state index in [1.165, 1.54) is 0 Å². The number of nitrogens with zero attached hydrogens (tertiary/aromatic N) is 2. The Morgan fingerprint density at radius 3 is 1.54 bits per heavy atom. The lowest BCUT2D eigenvalue weighted by molar-refractivity contribution is -0.0716. The minimum Gasteiger partial charge on any atom is -0.461 e. The molecule has 0 N–H and O–H groups in total. The Labute approximate surface area is 163 Å². The molecule has 0 fully saturated rings. The number of benzene rings is 1. The molecule has 0 aliphatic heterocycles. The van der Waals surface area contributed by atoms with Crippen LogP contribution in [-0.2, 0) is 22.3 Å². The number of para-hydroxylation sites is 2. The van der Waals surface area contributed by atoms with Crippen LogP contribution < -0.4 is 9.47 Å². The van der Waals surface area contributed by atoms with E-state index in [1.807, 2.05) is 38.1 Å². The van der Waals surface area contributed by atoms with Crippen molar-refractivity contribution >= 4 is 0 Å². The lowest BCUT2D eigenvalue weighted by atomic mass is 10.2. The third kappa shape index (κ3) is 5.34. The Morgan fingerprint density at radius 1 is 0.786 bits per heavy atom. The molecule has 0 aliphatic carbocycles. The minimum absolute atomic E-state index is 0.413. The predicted molar refractivity (Wildman–Crippen MR) is 99.2 cm³/mol. The summed E-state index contributed by atoms with van der Waals surface area (Å²) in [4.78, 5) is 0. The highest BCUT2D eigenvalue weighted by atomic mass is 16.7. The van der Waals surface area contributed by atoms with Crippen molar-refractivity contribution in [1.29, 1.82) is 0 Å². The highest BCUT2D eigenvalue weighted by molar-refractivity contribution is 5.39. The van der Waals surface area contributed by atoms with Gasteiger partial charge in [-0.15, -0.1) is 0 Å². The molecule has 2 aromatic heterocycles. The monoisotopic (exact) mass is 388 g/mol. The van der Waals surface area contributed by atoms with Crippen molar-refractivity contribution in [3.05, 3.63) is 59.3 Å². The van der Waals surface area contributed by atoms with E-state index in [-0.39, 0.29) is 0 Å². The normalized spacial score (nSPS) is 13.3. The van der Waals surface area contributed by atoms with Gasteiger partial charge in [0.05, 0.1) is 24.2 Å². The van der Waals surface area contributed by atoms with Gasteiger partial charge in [-0.2, -0.15) is 0 Å². The fourth-order valence-electron chi connectivity index (χ4n) is 2.63. The van der Waals surface area contributed by atoms with Crippen molar-refractivity contribution in [2.45, 2.75) is 39.3 Å². The van der Waals surface area contributed by atoms with Crippen molar-refractivity contribution in [3.63, 3.8) is 0 Å². The van der Waals surface area contributed by atoms with Gasteiger partial charge in [0.25, 0.3) is 0 Å². The van der Waals surface area contributed by atoms with Gasteiger partial charge >= 0.3 is 0 Å². The summed E-state index contributed by atoms with van der Waals surface area (Å²) in [7, 11) is 3.14. The average molecular weight is 388 g/mol. The number of ether oxygens (including phenoxy) is 4. The molecule has 28 heavy (non-hydrogen) atoms. The van der Waals surface area contributed by atoms with E-state index in [9.17, 15) is 0 Å². The minimum atomic E-state index is -0.560. The van der Waals surface area contributed by atoms with Crippen LogP contribution in [-0.4, -0.2) is 37.1 Å². The summed E-state index contributed by atoms with van der Waals surface area (Å²) in [5, 5.41) is 7.76. The SMILES string of the molecule is COC(Cc1cc(C)no1)Oc1ccccc1OC(Cc1cc(C)no1)OC. The van der Waals surface area contributed by atoms with E-state index in [2.05, 4.69) is 10.3 Å². The number of aryl methyl sites for hydroxylation is 2. The molecule has 2 heterocycles. The maximum absolute atomic E-state index is 5.98. The molecule has 2 unspecified atom stereocenters. The number of rotatable bonds is 10. The van der Waals surface area contributed by atoms with E-state index in [1.54, 1.807) is 26.4 Å². The van der Waals surface area contributed by atoms with Gasteiger partial charge in [-0.05, 0) is 26.0 Å². The molecule has 8 nitrogen and oxygen atoms in total. The zero-order valence-electron chi connectivity index (χ0n) is 16.4. The predicted octanol–water partition coefficient (Wildman–Crippen LogP) is 3.47. The van der Waals surface area contributed by atoms with Crippen LogP contribution >= 0.6 is 0 Å². The Bertz CT molecular complexity index is 804. The van der Waals surface area contributed by atoms with Gasteiger partial charge in [-0.3, -0.25) is 0 Å². The lowest BCUT2D eigenvalue weighted by Gasteiger charge is -2.21. The number of methoxy groups -OCH3 is 2. The molecule has 3 rings (SSSR count). The first kappa shape index (κ1) is 19.9. The first-order valence-electron chi connectivity index (χ1n) is 8.89. The smallest absolute Gasteiger partial charge is 0.207 e. The Morgan fingerprint density at radius 2 is 1.21 bits per heavy atom. The largest absolute Gasteiger partial charge is 0.461 e. The second-order valence-corrected chi connectivity index (χ2v) is 6.29. The first-order valence-corrected chi connectivity index (χ1v) is 8.89. The molecular weight excluding hydrogens is 364 g/mol. The Kier molecular flexibility index (Phi) is 6.67. The summed E-state index contributed by atoms with van der Waals surface area (Å²) in [6.45, 7) is 3.72. The van der Waals surface area contributed by atoms with Gasteiger partial charge in [0.2, 0.25) is 12.6 Å². The molecule has 0 bridgehead atoms. The van der Waals surface area contributed by atoms with Crippen LogP contribution in [0.25, 0.3) is 0 Å². The van der Waals surface area contributed by atoms with Crippen LogP contribution in [0.1, 0.15) is 22.9 Å². The van der Waals surface area contributed by atoms with Crippen LogP contribution in [0.3, 0.4) is 0 Å². The van der Waals surface area contributed by atoms with Crippen molar-refractivity contribution in [2.24, 2.45) is 0 Å². The molecular formula is C20H24N2O6. The molecule has 0 aliphatic rings. The van der Waals surface area contributed by atoms with Crippen LogP contribution in [0.15, 0.2) is 45.4 Å². The topological polar surface area (TPSA) is 89.0 Å². The third-order valence-corrected chi connectivity index (χ3v) is 3.98. The molecule has 0 amide bonds. The average Bonchev–Trinajstić information content (AvgIpc) is 3.29. The van der Waals surface area contributed by atoms with Gasteiger partial charge < -0.3 is 28.0 Å². The van der Waals surface area contributed by atoms with Crippen molar-refractivity contribution < 1.29 is 28.0 Å². The van der Waals surface area contributed by atoms with Gasteiger partial charge in [-0.25, -0.2) is 0 Å². The molecule has 0 spiro atoms. The summed E-state index contributed by atoms with van der Waals surface area (Å²) in [6, 6.07) is 11.0. The molecule has 0 saturated heterocycles. The fraction of sp³-hybridized carbons (Fsp3) is 0.400. The Hall–Kier alpha value is -2.84.